The Hall–Kier alpha value is -2.34. The van der Waals surface area contributed by atoms with Gasteiger partial charge in [-0.25, -0.2) is 4.39 Å². The summed E-state index contributed by atoms with van der Waals surface area (Å²) in [5, 5.41) is 10.2. The largest absolute Gasteiger partial charge is 0.484 e. The summed E-state index contributed by atoms with van der Waals surface area (Å²) in [6.45, 7) is 0.556. The van der Waals surface area contributed by atoms with Crippen molar-refractivity contribution in [3.05, 3.63) is 54.2 Å². The lowest BCUT2D eigenvalue weighted by Crippen LogP contribution is -2.39. The van der Waals surface area contributed by atoms with Crippen molar-refractivity contribution in [1.29, 1.82) is 0 Å². The molecular weight excluding hydrogens is 313 g/mol. The SMILES string of the molecule is O=C(COc1ccc(F)cc1)N1CCC[C@H]1C[C@H](O)c1ccco1. The number of rotatable bonds is 6. The van der Waals surface area contributed by atoms with E-state index in [1.165, 1.54) is 30.5 Å². The minimum absolute atomic E-state index is 0.0329. The number of furan rings is 1. The second kappa shape index (κ2) is 7.49. The van der Waals surface area contributed by atoms with Gasteiger partial charge >= 0.3 is 0 Å². The topological polar surface area (TPSA) is 62.9 Å². The number of hydrogen-bond donors (Lipinski definition) is 1. The fourth-order valence-corrected chi connectivity index (χ4v) is 3.02. The predicted molar refractivity (Wildman–Crippen MR) is 84.9 cm³/mol. The highest BCUT2D eigenvalue weighted by molar-refractivity contribution is 5.78. The summed E-state index contributed by atoms with van der Waals surface area (Å²) in [7, 11) is 0. The lowest BCUT2D eigenvalue weighted by Gasteiger charge is -2.26. The third-order valence-corrected chi connectivity index (χ3v) is 4.24. The van der Waals surface area contributed by atoms with Gasteiger partial charge in [0, 0.05) is 19.0 Å². The van der Waals surface area contributed by atoms with E-state index in [4.69, 9.17) is 9.15 Å². The normalized spacial score (nSPS) is 18.6. The molecule has 1 saturated heterocycles. The Bertz CT molecular complexity index is 656. The average molecular weight is 333 g/mol. The zero-order valence-electron chi connectivity index (χ0n) is 13.2. The summed E-state index contributed by atoms with van der Waals surface area (Å²) in [5.41, 5.74) is 0. The maximum Gasteiger partial charge on any atom is 0.260 e. The molecule has 128 valence electrons. The molecule has 2 atom stereocenters. The van der Waals surface area contributed by atoms with E-state index in [1.54, 1.807) is 17.0 Å². The number of halogens is 1. The van der Waals surface area contributed by atoms with Gasteiger partial charge in [0.25, 0.3) is 5.91 Å². The zero-order chi connectivity index (χ0) is 16.9. The summed E-state index contributed by atoms with van der Waals surface area (Å²) in [5.74, 6) is 0.488. The maximum absolute atomic E-state index is 12.9. The van der Waals surface area contributed by atoms with Crippen molar-refractivity contribution < 1.29 is 23.4 Å². The van der Waals surface area contributed by atoms with Gasteiger partial charge in [-0.1, -0.05) is 0 Å². The van der Waals surface area contributed by atoms with Crippen LogP contribution in [0.5, 0.6) is 5.75 Å². The number of aliphatic hydroxyl groups excluding tert-OH is 1. The Balaban J connectivity index is 1.54. The molecule has 0 bridgehead atoms. The number of carbonyl (C=O) groups is 1. The summed E-state index contributed by atoms with van der Waals surface area (Å²) >= 11 is 0. The molecule has 0 aliphatic carbocycles. The third-order valence-electron chi connectivity index (χ3n) is 4.24. The highest BCUT2D eigenvalue weighted by Crippen LogP contribution is 2.27. The molecule has 1 aliphatic rings. The number of carbonyl (C=O) groups excluding carboxylic acids is 1. The van der Waals surface area contributed by atoms with E-state index in [1.807, 2.05) is 0 Å². The van der Waals surface area contributed by atoms with Crippen molar-refractivity contribution in [1.82, 2.24) is 4.90 Å². The molecule has 1 fully saturated rings. The number of aliphatic hydroxyl groups is 1. The molecule has 3 rings (SSSR count). The van der Waals surface area contributed by atoms with E-state index < -0.39 is 6.10 Å². The van der Waals surface area contributed by atoms with Crippen molar-refractivity contribution in [2.24, 2.45) is 0 Å². The Labute approximate surface area is 139 Å². The number of benzene rings is 1. The minimum Gasteiger partial charge on any atom is -0.484 e. The first kappa shape index (κ1) is 16.5. The molecule has 0 saturated carbocycles. The van der Waals surface area contributed by atoms with Gasteiger partial charge in [-0.15, -0.1) is 0 Å². The number of amides is 1. The standard InChI is InChI=1S/C18H20FNO4/c19-13-5-7-15(8-6-13)24-12-18(22)20-9-1-3-14(20)11-16(21)17-4-2-10-23-17/h2,4-8,10,14,16,21H,1,3,9,11-12H2/t14-,16-/m0/s1. The molecule has 5 nitrogen and oxygen atoms in total. The van der Waals surface area contributed by atoms with Crippen molar-refractivity contribution >= 4 is 5.91 Å². The lowest BCUT2D eigenvalue weighted by molar-refractivity contribution is -0.134. The minimum atomic E-state index is -0.726. The second-order valence-corrected chi connectivity index (χ2v) is 5.89. The summed E-state index contributed by atoms with van der Waals surface area (Å²) in [6.07, 6.45) is 2.98. The molecule has 1 aromatic heterocycles. The lowest BCUT2D eigenvalue weighted by atomic mass is 10.1. The van der Waals surface area contributed by atoms with Crippen molar-refractivity contribution in [2.75, 3.05) is 13.2 Å². The van der Waals surface area contributed by atoms with Crippen molar-refractivity contribution in [2.45, 2.75) is 31.4 Å². The smallest absolute Gasteiger partial charge is 0.260 e. The number of likely N-dealkylation sites (tertiary alicyclic amines) is 1. The van der Waals surface area contributed by atoms with Crippen LogP contribution in [0.4, 0.5) is 4.39 Å². The van der Waals surface area contributed by atoms with Crippen LogP contribution in [0, 0.1) is 5.82 Å². The predicted octanol–water partition coefficient (Wildman–Crippen LogP) is 2.91. The molecule has 0 unspecified atom stereocenters. The fourth-order valence-electron chi connectivity index (χ4n) is 3.02. The van der Waals surface area contributed by atoms with Gasteiger partial charge in [-0.3, -0.25) is 4.79 Å². The van der Waals surface area contributed by atoms with Gasteiger partial charge in [0.05, 0.1) is 6.26 Å². The van der Waals surface area contributed by atoms with Crippen LogP contribution in [0.25, 0.3) is 0 Å². The van der Waals surface area contributed by atoms with E-state index >= 15 is 0 Å². The van der Waals surface area contributed by atoms with E-state index in [2.05, 4.69) is 0 Å². The van der Waals surface area contributed by atoms with E-state index in [0.717, 1.165) is 12.8 Å². The van der Waals surface area contributed by atoms with Crippen LogP contribution in [0.1, 0.15) is 31.1 Å². The van der Waals surface area contributed by atoms with Crippen LogP contribution in [0.2, 0.25) is 0 Å². The number of ether oxygens (including phenoxy) is 1. The molecule has 1 aliphatic heterocycles. The fraction of sp³-hybridized carbons (Fsp3) is 0.389. The maximum atomic E-state index is 12.9. The quantitative estimate of drug-likeness (QED) is 0.883. The van der Waals surface area contributed by atoms with Crippen molar-refractivity contribution in [3.63, 3.8) is 0 Å². The van der Waals surface area contributed by atoms with E-state index in [0.29, 0.717) is 24.5 Å². The zero-order valence-corrected chi connectivity index (χ0v) is 13.2. The Kier molecular flexibility index (Phi) is 5.15. The van der Waals surface area contributed by atoms with Gasteiger partial charge in [-0.2, -0.15) is 0 Å². The van der Waals surface area contributed by atoms with Crippen molar-refractivity contribution in [3.8, 4) is 5.75 Å². The van der Waals surface area contributed by atoms with Gasteiger partial charge in [0.15, 0.2) is 6.61 Å². The average Bonchev–Trinajstić information content (AvgIpc) is 3.25. The summed E-state index contributed by atoms with van der Waals surface area (Å²) < 4.78 is 23.5. The Morgan fingerprint density at radius 1 is 1.38 bits per heavy atom. The molecule has 1 amide bonds. The molecular formula is C18H20FNO4. The second-order valence-electron chi connectivity index (χ2n) is 5.89. The molecule has 2 heterocycles. The van der Waals surface area contributed by atoms with Gasteiger partial charge in [0.1, 0.15) is 23.4 Å². The van der Waals surface area contributed by atoms with Crippen LogP contribution in [-0.2, 0) is 4.79 Å². The molecule has 0 spiro atoms. The number of hydrogen-bond acceptors (Lipinski definition) is 4. The molecule has 6 heteroatoms. The van der Waals surface area contributed by atoms with Crippen LogP contribution >= 0.6 is 0 Å². The van der Waals surface area contributed by atoms with E-state index in [-0.39, 0.29) is 24.4 Å². The monoisotopic (exact) mass is 333 g/mol. The van der Waals surface area contributed by atoms with E-state index in [9.17, 15) is 14.3 Å². The van der Waals surface area contributed by atoms with Crippen LogP contribution in [-0.4, -0.2) is 35.1 Å². The Morgan fingerprint density at radius 3 is 2.88 bits per heavy atom. The Morgan fingerprint density at radius 2 is 2.17 bits per heavy atom. The third kappa shape index (κ3) is 3.94. The first-order valence-electron chi connectivity index (χ1n) is 8.03. The van der Waals surface area contributed by atoms with Gasteiger partial charge < -0.3 is 19.2 Å². The van der Waals surface area contributed by atoms with Crippen LogP contribution in [0.15, 0.2) is 47.1 Å². The molecule has 1 aromatic carbocycles. The highest BCUT2D eigenvalue weighted by atomic mass is 19.1. The molecule has 2 aromatic rings. The molecule has 24 heavy (non-hydrogen) atoms. The van der Waals surface area contributed by atoms with Gasteiger partial charge in [0.2, 0.25) is 0 Å². The first-order valence-corrected chi connectivity index (χ1v) is 8.03. The van der Waals surface area contributed by atoms with Crippen LogP contribution in [0.3, 0.4) is 0 Å². The highest BCUT2D eigenvalue weighted by Gasteiger charge is 2.31. The summed E-state index contributed by atoms with van der Waals surface area (Å²) in [4.78, 5) is 14.1. The first-order chi connectivity index (χ1) is 11.6. The number of nitrogens with zero attached hydrogens (tertiary/aromatic N) is 1. The molecule has 1 N–H and O–H groups in total. The summed E-state index contributed by atoms with van der Waals surface area (Å²) in [6, 6.07) is 8.98. The van der Waals surface area contributed by atoms with Crippen LogP contribution < -0.4 is 4.74 Å². The molecule has 0 radical (unpaired) electrons. The van der Waals surface area contributed by atoms with Gasteiger partial charge in [-0.05, 0) is 49.2 Å².